The van der Waals surface area contributed by atoms with Gasteiger partial charge in [0.15, 0.2) is 0 Å². The summed E-state index contributed by atoms with van der Waals surface area (Å²) < 4.78 is 0. The molecule has 0 spiro atoms. The number of fused-ring (bicyclic) bond motifs is 1. The predicted octanol–water partition coefficient (Wildman–Crippen LogP) is 1.96. The van der Waals surface area contributed by atoms with Gasteiger partial charge in [0.2, 0.25) is 5.91 Å². The molecule has 1 aromatic heterocycles. The first-order valence-corrected chi connectivity index (χ1v) is 12.1. The highest BCUT2D eigenvalue weighted by molar-refractivity contribution is 5.94. The van der Waals surface area contributed by atoms with E-state index in [1.165, 1.54) is 16.7 Å². The lowest BCUT2D eigenvalue weighted by Crippen LogP contribution is -2.42. The van der Waals surface area contributed by atoms with E-state index in [2.05, 4.69) is 45.6 Å². The lowest BCUT2D eigenvalue weighted by molar-refractivity contribution is -0.129. The number of aliphatic hydroxyl groups excluding tert-OH is 1. The summed E-state index contributed by atoms with van der Waals surface area (Å²) in [5, 5.41) is 16.8. The number of likely N-dealkylation sites (tertiary alicyclic amines) is 1. The molecular weight excluding hydrogens is 430 g/mol. The Balaban J connectivity index is 1.23. The number of aromatic nitrogens is 1. The minimum Gasteiger partial charge on any atom is -0.390 e. The van der Waals surface area contributed by atoms with Crippen molar-refractivity contribution in [1.29, 1.82) is 0 Å². The fourth-order valence-electron chi connectivity index (χ4n) is 4.77. The van der Waals surface area contributed by atoms with Gasteiger partial charge in [-0.3, -0.25) is 14.5 Å². The molecule has 3 N–H and O–H groups in total. The van der Waals surface area contributed by atoms with E-state index in [4.69, 9.17) is 0 Å². The summed E-state index contributed by atoms with van der Waals surface area (Å²) in [6.07, 6.45) is 3.66. The second kappa shape index (κ2) is 11.0. The topological polar surface area (TPSA) is 97.8 Å². The van der Waals surface area contributed by atoms with E-state index in [1.807, 2.05) is 4.90 Å². The number of amides is 2. The monoisotopic (exact) mass is 465 g/mol. The fraction of sp³-hybridized carbons (Fsp3) is 0.500. The fourth-order valence-corrected chi connectivity index (χ4v) is 4.77. The number of aliphatic hydroxyl groups is 1. The van der Waals surface area contributed by atoms with Crippen LogP contribution in [-0.2, 0) is 17.8 Å². The summed E-state index contributed by atoms with van der Waals surface area (Å²) in [6.45, 7) is 7.61. The number of carbonyl (C=O) groups excluding carboxylic acids is 2. The van der Waals surface area contributed by atoms with E-state index in [1.54, 1.807) is 25.3 Å². The Hall–Kier alpha value is -2.97. The van der Waals surface area contributed by atoms with Crippen LogP contribution in [0.4, 0.5) is 5.82 Å². The standard InChI is InChI=1S/C26H35N5O3/c1-18-3-4-20-6-10-30(16-22(20)13-18)17-24(33)15-28-26(34)21-5-9-27-25(14-21)29-23-7-11-31(12-8-23)19(2)32/h3-5,9,13-14,23-24,33H,6-8,10-12,15-17H2,1-2H3,(H,27,29)(H,28,34)/t24-/m0/s1. The smallest absolute Gasteiger partial charge is 0.251 e. The first-order valence-electron chi connectivity index (χ1n) is 12.1. The van der Waals surface area contributed by atoms with E-state index in [0.29, 0.717) is 17.9 Å². The number of β-amino-alcohol motifs (C(OH)–C–C–N with tert-alkyl or cyclic N) is 1. The number of nitrogens with zero attached hydrogens (tertiary/aromatic N) is 3. The average molecular weight is 466 g/mol. The van der Waals surface area contributed by atoms with Crippen LogP contribution in [0.15, 0.2) is 36.5 Å². The minimum atomic E-state index is -0.638. The molecule has 8 heteroatoms. The molecule has 3 heterocycles. The number of carbonyl (C=O) groups is 2. The maximum atomic E-state index is 12.7. The number of benzene rings is 1. The van der Waals surface area contributed by atoms with Crippen molar-refractivity contribution in [3.8, 4) is 0 Å². The van der Waals surface area contributed by atoms with Crippen LogP contribution in [0.2, 0.25) is 0 Å². The minimum absolute atomic E-state index is 0.109. The molecule has 0 bridgehead atoms. The summed E-state index contributed by atoms with van der Waals surface area (Å²) in [4.78, 5) is 32.6. The Labute approximate surface area is 201 Å². The summed E-state index contributed by atoms with van der Waals surface area (Å²) in [5.74, 6) is 0.532. The maximum absolute atomic E-state index is 12.7. The molecule has 1 saturated heterocycles. The quantitative estimate of drug-likeness (QED) is 0.578. The number of piperidine rings is 1. The van der Waals surface area contributed by atoms with Crippen molar-refractivity contribution in [3.05, 3.63) is 58.8 Å². The van der Waals surface area contributed by atoms with Crippen molar-refractivity contribution in [2.45, 2.75) is 51.8 Å². The summed E-state index contributed by atoms with van der Waals surface area (Å²) in [7, 11) is 0. The Morgan fingerprint density at radius 2 is 1.94 bits per heavy atom. The first kappa shape index (κ1) is 24.2. The third kappa shape index (κ3) is 6.33. The Kier molecular flexibility index (Phi) is 7.80. The van der Waals surface area contributed by atoms with Crippen molar-refractivity contribution >= 4 is 17.6 Å². The van der Waals surface area contributed by atoms with Crippen molar-refractivity contribution in [2.24, 2.45) is 0 Å². The number of rotatable bonds is 7. The highest BCUT2D eigenvalue weighted by Crippen LogP contribution is 2.20. The van der Waals surface area contributed by atoms with Crippen LogP contribution in [0.1, 0.15) is 46.8 Å². The number of hydrogen-bond donors (Lipinski definition) is 3. The Morgan fingerprint density at radius 3 is 2.71 bits per heavy atom. The van der Waals surface area contributed by atoms with E-state index in [9.17, 15) is 14.7 Å². The van der Waals surface area contributed by atoms with Crippen LogP contribution < -0.4 is 10.6 Å². The summed E-state index contributed by atoms with van der Waals surface area (Å²) in [6, 6.07) is 10.2. The molecule has 8 nitrogen and oxygen atoms in total. The van der Waals surface area contributed by atoms with Gasteiger partial charge in [-0.25, -0.2) is 4.98 Å². The third-order valence-electron chi connectivity index (χ3n) is 6.73. The number of hydrogen-bond acceptors (Lipinski definition) is 6. The Morgan fingerprint density at radius 1 is 1.15 bits per heavy atom. The molecule has 0 saturated carbocycles. The van der Waals surface area contributed by atoms with E-state index in [-0.39, 0.29) is 24.4 Å². The molecule has 0 radical (unpaired) electrons. The average Bonchev–Trinajstić information content (AvgIpc) is 2.83. The molecule has 0 unspecified atom stereocenters. The molecule has 0 aliphatic carbocycles. The lowest BCUT2D eigenvalue weighted by atomic mass is 9.97. The van der Waals surface area contributed by atoms with Gasteiger partial charge in [0.25, 0.3) is 5.91 Å². The summed E-state index contributed by atoms with van der Waals surface area (Å²) >= 11 is 0. The van der Waals surface area contributed by atoms with Crippen LogP contribution in [0.25, 0.3) is 0 Å². The van der Waals surface area contributed by atoms with Crippen LogP contribution >= 0.6 is 0 Å². The highest BCUT2D eigenvalue weighted by Gasteiger charge is 2.22. The van der Waals surface area contributed by atoms with Gasteiger partial charge >= 0.3 is 0 Å². The van der Waals surface area contributed by atoms with Crippen molar-refractivity contribution < 1.29 is 14.7 Å². The van der Waals surface area contributed by atoms with Gasteiger partial charge in [-0.1, -0.05) is 23.8 Å². The van der Waals surface area contributed by atoms with Crippen molar-refractivity contribution in [1.82, 2.24) is 20.1 Å². The van der Waals surface area contributed by atoms with Crippen LogP contribution in [0.5, 0.6) is 0 Å². The first-order chi connectivity index (χ1) is 16.4. The van der Waals surface area contributed by atoms with Gasteiger partial charge in [-0.15, -0.1) is 0 Å². The van der Waals surface area contributed by atoms with Crippen molar-refractivity contribution in [3.63, 3.8) is 0 Å². The molecule has 2 aliphatic rings. The number of anilines is 1. The normalized spacial score (nSPS) is 17.7. The predicted molar refractivity (Wildman–Crippen MR) is 132 cm³/mol. The number of pyridine rings is 1. The summed E-state index contributed by atoms with van der Waals surface area (Å²) in [5.41, 5.74) is 4.47. The van der Waals surface area contributed by atoms with Gasteiger partial charge in [-0.05, 0) is 49.4 Å². The van der Waals surface area contributed by atoms with Gasteiger partial charge < -0.3 is 20.6 Å². The zero-order valence-electron chi connectivity index (χ0n) is 20.1. The molecule has 1 fully saturated rings. The van der Waals surface area contributed by atoms with Gasteiger partial charge in [0.1, 0.15) is 5.82 Å². The van der Waals surface area contributed by atoms with Gasteiger partial charge in [0, 0.05) is 64.0 Å². The molecular formula is C26H35N5O3. The van der Waals surface area contributed by atoms with Crippen LogP contribution in [0.3, 0.4) is 0 Å². The molecule has 34 heavy (non-hydrogen) atoms. The zero-order chi connectivity index (χ0) is 24.1. The zero-order valence-corrected chi connectivity index (χ0v) is 20.1. The second-order valence-electron chi connectivity index (χ2n) is 9.48. The lowest BCUT2D eigenvalue weighted by Gasteiger charge is -2.32. The molecule has 2 aliphatic heterocycles. The molecule has 1 aromatic carbocycles. The second-order valence-corrected chi connectivity index (χ2v) is 9.48. The van der Waals surface area contributed by atoms with E-state index >= 15 is 0 Å². The molecule has 1 atom stereocenters. The number of nitrogens with one attached hydrogen (secondary N) is 2. The molecule has 182 valence electrons. The van der Waals surface area contributed by atoms with Crippen LogP contribution in [0, 0.1) is 6.92 Å². The van der Waals surface area contributed by atoms with E-state index < -0.39 is 6.10 Å². The molecule has 2 aromatic rings. The van der Waals surface area contributed by atoms with Crippen LogP contribution in [-0.4, -0.2) is 76.6 Å². The number of aryl methyl sites for hydroxylation is 1. The molecule has 2 amide bonds. The third-order valence-corrected chi connectivity index (χ3v) is 6.73. The van der Waals surface area contributed by atoms with E-state index in [0.717, 1.165) is 45.4 Å². The van der Waals surface area contributed by atoms with Gasteiger partial charge in [0.05, 0.1) is 6.10 Å². The maximum Gasteiger partial charge on any atom is 0.251 e. The largest absolute Gasteiger partial charge is 0.390 e. The van der Waals surface area contributed by atoms with Gasteiger partial charge in [-0.2, -0.15) is 0 Å². The van der Waals surface area contributed by atoms with Crippen molar-refractivity contribution in [2.75, 3.05) is 38.0 Å². The SMILES string of the molecule is CC(=O)N1CCC(Nc2cc(C(=O)NC[C@H](O)CN3CCc4ccc(C)cc4C3)ccn2)CC1. The Bertz CT molecular complexity index is 1020. The highest BCUT2D eigenvalue weighted by atomic mass is 16.3. The molecule has 4 rings (SSSR count).